The third-order valence-corrected chi connectivity index (χ3v) is 4.57. The number of piperidine rings is 1. The quantitative estimate of drug-likeness (QED) is 0.869. The largest absolute Gasteiger partial charge is 0.361 e. The fraction of sp³-hybridized carbons (Fsp3) is 0.812. The van der Waals surface area contributed by atoms with Crippen molar-refractivity contribution in [2.45, 2.75) is 59.5 Å². The van der Waals surface area contributed by atoms with Crippen LogP contribution in [0.5, 0.6) is 0 Å². The molecular formula is C16H29N3O. The van der Waals surface area contributed by atoms with E-state index in [2.05, 4.69) is 29.2 Å². The molecule has 2 atom stereocenters. The van der Waals surface area contributed by atoms with Gasteiger partial charge in [-0.05, 0) is 59.0 Å². The van der Waals surface area contributed by atoms with Crippen LogP contribution < -0.4 is 5.32 Å². The van der Waals surface area contributed by atoms with Crippen molar-refractivity contribution in [1.82, 2.24) is 15.4 Å². The molecule has 0 bridgehead atoms. The molecule has 1 aliphatic heterocycles. The molecule has 0 amide bonds. The van der Waals surface area contributed by atoms with E-state index in [-0.39, 0.29) is 0 Å². The Morgan fingerprint density at radius 2 is 2.25 bits per heavy atom. The standard InChI is InChI=1S/C16H29N3O/c1-5-8-19-9-6-7-15(11-19)12(2)17-10-16-13(3)18-20-14(16)4/h12,15,17H,5-11H2,1-4H3. The molecule has 0 saturated carbocycles. The minimum Gasteiger partial charge on any atom is -0.361 e. The summed E-state index contributed by atoms with van der Waals surface area (Å²) in [7, 11) is 0. The Morgan fingerprint density at radius 3 is 2.90 bits per heavy atom. The molecule has 20 heavy (non-hydrogen) atoms. The maximum Gasteiger partial charge on any atom is 0.138 e. The highest BCUT2D eigenvalue weighted by Gasteiger charge is 2.24. The predicted molar refractivity (Wildman–Crippen MR) is 81.7 cm³/mol. The van der Waals surface area contributed by atoms with E-state index in [9.17, 15) is 0 Å². The molecule has 2 heterocycles. The molecule has 4 nitrogen and oxygen atoms in total. The molecule has 0 aromatic carbocycles. The first kappa shape index (κ1) is 15.5. The summed E-state index contributed by atoms with van der Waals surface area (Å²) in [5.74, 6) is 1.70. The summed E-state index contributed by atoms with van der Waals surface area (Å²) in [6.45, 7) is 13.2. The van der Waals surface area contributed by atoms with Crippen LogP contribution in [0.25, 0.3) is 0 Å². The van der Waals surface area contributed by atoms with Gasteiger partial charge < -0.3 is 14.7 Å². The Morgan fingerprint density at radius 1 is 1.45 bits per heavy atom. The first-order chi connectivity index (χ1) is 9.61. The van der Waals surface area contributed by atoms with Crippen LogP contribution in [0.2, 0.25) is 0 Å². The molecular weight excluding hydrogens is 250 g/mol. The molecule has 114 valence electrons. The summed E-state index contributed by atoms with van der Waals surface area (Å²) in [5, 5.41) is 7.69. The molecule has 1 aromatic rings. The van der Waals surface area contributed by atoms with E-state index in [1.807, 2.05) is 13.8 Å². The smallest absolute Gasteiger partial charge is 0.138 e. The zero-order chi connectivity index (χ0) is 14.5. The Kier molecular flexibility index (Phi) is 5.61. The third kappa shape index (κ3) is 3.83. The predicted octanol–water partition coefficient (Wildman–Crippen LogP) is 2.89. The molecule has 1 saturated heterocycles. The number of aromatic nitrogens is 1. The molecule has 0 aliphatic carbocycles. The van der Waals surface area contributed by atoms with E-state index in [0.29, 0.717) is 6.04 Å². The molecule has 0 spiro atoms. The first-order valence-corrected chi connectivity index (χ1v) is 7.99. The lowest BCUT2D eigenvalue weighted by Gasteiger charge is -2.36. The molecule has 0 radical (unpaired) electrons. The van der Waals surface area contributed by atoms with Crippen molar-refractivity contribution in [3.8, 4) is 0 Å². The minimum atomic E-state index is 0.545. The van der Waals surface area contributed by atoms with Gasteiger partial charge in [-0.3, -0.25) is 0 Å². The Hall–Kier alpha value is -0.870. The number of rotatable bonds is 6. The molecule has 1 fully saturated rings. The normalized spacial score (nSPS) is 22.1. The van der Waals surface area contributed by atoms with Gasteiger partial charge in [0.2, 0.25) is 0 Å². The summed E-state index contributed by atoms with van der Waals surface area (Å²) >= 11 is 0. The van der Waals surface area contributed by atoms with Crippen molar-refractivity contribution in [3.63, 3.8) is 0 Å². The highest BCUT2D eigenvalue weighted by molar-refractivity contribution is 5.20. The molecule has 1 aliphatic rings. The van der Waals surface area contributed by atoms with Gasteiger partial charge in [0, 0.05) is 24.7 Å². The van der Waals surface area contributed by atoms with Gasteiger partial charge in [0.25, 0.3) is 0 Å². The van der Waals surface area contributed by atoms with Crippen molar-refractivity contribution in [1.29, 1.82) is 0 Å². The van der Waals surface area contributed by atoms with Gasteiger partial charge in [-0.15, -0.1) is 0 Å². The summed E-state index contributed by atoms with van der Waals surface area (Å²) in [6, 6.07) is 0.545. The van der Waals surface area contributed by atoms with Crippen LogP contribution in [0.4, 0.5) is 0 Å². The molecule has 1 N–H and O–H groups in total. The van der Waals surface area contributed by atoms with E-state index in [1.165, 1.54) is 44.5 Å². The van der Waals surface area contributed by atoms with E-state index >= 15 is 0 Å². The van der Waals surface area contributed by atoms with Gasteiger partial charge in [0.15, 0.2) is 0 Å². The SMILES string of the molecule is CCCN1CCCC(C(C)NCc2c(C)noc2C)C1. The maximum atomic E-state index is 5.22. The van der Waals surface area contributed by atoms with E-state index in [1.54, 1.807) is 0 Å². The average molecular weight is 279 g/mol. The van der Waals surface area contributed by atoms with Crippen LogP contribution in [0.15, 0.2) is 4.52 Å². The molecule has 1 aromatic heterocycles. The Labute approximate surface area is 122 Å². The van der Waals surface area contributed by atoms with Crippen LogP contribution in [-0.4, -0.2) is 35.7 Å². The van der Waals surface area contributed by atoms with Crippen molar-refractivity contribution in [3.05, 3.63) is 17.0 Å². The van der Waals surface area contributed by atoms with E-state index in [0.717, 1.165) is 23.9 Å². The van der Waals surface area contributed by atoms with Gasteiger partial charge in [0.1, 0.15) is 5.76 Å². The lowest BCUT2D eigenvalue weighted by molar-refractivity contribution is 0.150. The topological polar surface area (TPSA) is 41.3 Å². The van der Waals surface area contributed by atoms with Crippen LogP contribution in [0.3, 0.4) is 0 Å². The number of likely N-dealkylation sites (tertiary alicyclic amines) is 1. The molecule has 2 rings (SSSR count). The second kappa shape index (κ2) is 7.23. The second-order valence-electron chi connectivity index (χ2n) is 6.18. The van der Waals surface area contributed by atoms with Gasteiger partial charge >= 0.3 is 0 Å². The van der Waals surface area contributed by atoms with Crippen molar-refractivity contribution < 1.29 is 4.52 Å². The molecule has 4 heteroatoms. The third-order valence-electron chi connectivity index (χ3n) is 4.57. The lowest BCUT2D eigenvalue weighted by Crippen LogP contribution is -2.44. The van der Waals surface area contributed by atoms with Gasteiger partial charge in [0.05, 0.1) is 5.69 Å². The first-order valence-electron chi connectivity index (χ1n) is 7.99. The fourth-order valence-corrected chi connectivity index (χ4v) is 3.20. The van der Waals surface area contributed by atoms with Gasteiger partial charge in [-0.25, -0.2) is 0 Å². The van der Waals surface area contributed by atoms with Crippen LogP contribution in [-0.2, 0) is 6.54 Å². The average Bonchev–Trinajstić information content (AvgIpc) is 2.76. The van der Waals surface area contributed by atoms with Gasteiger partial charge in [-0.1, -0.05) is 12.1 Å². The fourth-order valence-electron chi connectivity index (χ4n) is 3.20. The van der Waals surface area contributed by atoms with Gasteiger partial charge in [-0.2, -0.15) is 0 Å². The number of nitrogens with one attached hydrogen (secondary N) is 1. The summed E-state index contributed by atoms with van der Waals surface area (Å²) in [6.07, 6.45) is 3.94. The number of aryl methyl sites for hydroxylation is 2. The summed E-state index contributed by atoms with van der Waals surface area (Å²) in [4.78, 5) is 2.61. The Balaban J connectivity index is 1.83. The summed E-state index contributed by atoms with van der Waals surface area (Å²) < 4.78 is 5.22. The highest BCUT2D eigenvalue weighted by atomic mass is 16.5. The minimum absolute atomic E-state index is 0.545. The number of nitrogens with zero attached hydrogens (tertiary/aromatic N) is 2. The van der Waals surface area contributed by atoms with E-state index in [4.69, 9.17) is 4.52 Å². The van der Waals surface area contributed by atoms with E-state index < -0.39 is 0 Å². The zero-order valence-electron chi connectivity index (χ0n) is 13.4. The maximum absolute atomic E-state index is 5.22. The van der Waals surface area contributed by atoms with Crippen LogP contribution >= 0.6 is 0 Å². The zero-order valence-corrected chi connectivity index (χ0v) is 13.4. The number of hydrogen-bond acceptors (Lipinski definition) is 4. The summed E-state index contributed by atoms with van der Waals surface area (Å²) in [5.41, 5.74) is 2.23. The second-order valence-corrected chi connectivity index (χ2v) is 6.18. The Bertz CT molecular complexity index is 394. The van der Waals surface area contributed by atoms with Crippen molar-refractivity contribution >= 4 is 0 Å². The van der Waals surface area contributed by atoms with Crippen LogP contribution in [0, 0.1) is 19.8 Å². The van der Waals surface area contributed by atoms with Crippen molar-refractivity contribution in [2.75, 3.05) is 19.6 Å². The molecule has 2 unspecified atom stereocenters. The number of hydrogen-bond donors (Lipinski definition) is 1. The monoisotopic (exact) mass is 279 g/mol. The lowest BCUT2D eigenvalue weighted by atomic mass is 9.91. The highest BCUT2D eigenvalue weighted by Crippen LogP contribution is 2.21. The van der Waals surface area contributed by atoms with Crippen LogP contribution in [0.1, 0.15) is 50.1 Å². The van der Waals surface area contributed by atoms with Crippen molar-refractivity contribution in [2.24, 2.45) is 5.92 Å².